The van der Waals surface area contributed by atoms with Gasteiger partial charge in [-0.05, 0) is 29.8 Å². The lowest BCUT2D eigenvalue weighted by Crippen LogP contribution is -2.18. The molecule has 0 aliphatic rings. The standard InChI is InChI=1S/C16H17BrClNOS/c1-20-9-8-19-11-12-4-2-7-15(18)16(12)21-14-6-3-5-13(17)10-14/h2-7,10,19H,8-9,11H2,1H3. The SMILES string of the molecule is COCCNCc1cccc(Cl)c1Sc1cccc(Br)c1. The smallest absolute Gasteiger partial charge is 0.0587 e. The molecule has 5 heteroatoms. The minimum atomic E-state index is 0.703. The quantitative estimate of drug-likeness (QED) is 0.677. The Hall–Kier alpha value is -0.520. The third-order valence-electron chi connectivity index (χ3n) is 2.86. The van der Waals surface area contributed by atoms with Crippen molar-refractivity contribution in [1.29, 1.82) is 0 Å². The molecule has 2 aromatic rings. The number of nitrogens with one attached hydrogen (secondary N) is 1. The lowest BCUT2D eigenvalue weighted by Gasteiger charge is -2.12. The first-order valence-corrected chi connectivity index (χ1v) is 8.60. The van der Waals surface area contributed by atoms with Crippen LogP contribution in [0.25, 0.3) is 0 Å². The van der Waals surface area contributed by atoms with E-state index >= 15 is 0 Å². The highest BCUT2D eigenvalue weighted by Gasteiger charge is 2.09. The maximum absolute atomic E-state index is 6.37. The van der Waals surface area contributed by atoms with E-state index in [1.165, 1.54) is 5.56 Å². The number of ether oxygens (including phenoxy) is 1. The van der Waals surface area contributed by atoms with Gasteiger partial charge in [-0.25, -0.2) is 0 Å². The van der Waals surface area contributed by atoms with Gasteiger partial charge in [0.15, 0.2) is 0 Å². The molecule has 2 rings (SSSR count). The van der Waals surface area contributed by atoms with Crippen molar-refractivity contribution in [3.63, 3.8) is 0 Å². The maximum Gasteiger partial charge on any atom is 0.0587 e. The van der Waals surface area contributed by atoms with Crippen LogP contribution < -0.4 is 5.32 Å². The van der Waals surface area contributed by atoms with Crippen molar-refractivity contribution in [2.24, 2.45) is 0 Å². The summed E-state index contributed by atoms with van der Waals surface area (Å²) in [5.74, 6) is 0. The molecule has 0 bridgehead atoms. The summed E-state index contributed by atoms with van der Waals surface area (Å²) >= 11 is 11.6. The molecule has 0 unspecified atom stereocenters. The van der Waals surface area contributed by atoms with Crippen LogP contribution in [0.15, 0.2) is 56.7 Å². The Morgan fingerprint density at radius 2 is 2.05 bits per heavy atom. The average Bonchev–Trinajstić information content (AvgIpc) is 2.47. The van der Waals surface area contributed by atoms with E-state index in [4.69, 9.17) is 16.3 Å². The Morgan fingerprint density at radius 3 is 2.81 bits per heavy atom. The summed E-state index contributed by atoms with van der Waals surface area (Å²) in [7, 11) is 1.70. The molecule has 2 nitrogen and oxygen atoms in total. The van der Waals surface area contributed by atoms with Gasteiger partial charge in [-0.2, -0.15) is 0 Å². The van der Waals surface area contributed by atoms with E-state index in [9.17, 15) is 0 Å². The molecule has 0 spiro atoms. The van der Waals surface area contributed by atoms with E-state index in [0.29, 0.717) is 6.61 Å². The molecule has 0 aliphatic carbocycles. The fourth-order valence-electron chi connectivity index (χ4n) is 1.85. The Bertz CT molecular complexity index is 594. The van der Waals surface area contributed by atoms with Crippen molar-refractivity contribution < 1.29 is 4.74 Å². The number of rotatable bonds is 7. The molecule has 0 heterocycles. The van der Waals surface area contributed by atoms with Crippen molar-refractivity contribution in [3.05, 3.63) is 57.5 Å². The van der Waals surface area contributed by atoms with Gasteiger partial charge in [0.2, 0.25) is 0 Å². The predicted octanol–water partition coefficient (Wildman–Crippen LogP) is 4.99. The molecule has 0 aliphatic heterocycles. The van der Waals surface area contributed by atoms with Gasteiger partial charge in [0.25, 0.3) is 0 Å². The van der Waals surface area contributed by atoms with Crippen molar-refractivity contribution >= 4 is 39.3 Å². The van der Waals surface area contributed by atoms with Crippen LogP contribution >= 0.6 is 39.3 Å². The molecule has 0 fully saturated rings. The molecule has 2 aromatic carbocycles. The average molecular weight is 387 g/mol. The van der Waals surface area contributed by atoms with Gasteiger partial charge in [-0.1, -0.05) is 57.5 Å². The molecule has 1 N–H and O–H groups in total. The normalized spacial score (nSPS) is 10.8. The van der Waals surface area contributed by atoms with E-state index in [1.807, 2.05) is 24.3 Å². The van der Waals surface area contributed by atoms with Gasteiger partial charge in [-0.15, -0.1) is 0 Å². The van der Waals surface area contributed by atoms with Gasteiger partial charge in [0.05, 0.1) is 11.6 Å². The molecule has 21 heavy (non-hydrogen) atoms. The second kappa shape index (κ2) is 8.81. The minimum Gasteiger partial charge on any atom is -0.383 e. The second-order valence-corrected chi connectivity index (χ2v) is 6.86. The summed E-state index contributed by atoms with van der Waals surface area (Å²) in [4.78, 5) is 2.26. The number of methoxy groups -OCH3 is 1. The molecule has 0 aromatic heterocycles. The summed E-state index contributed by atoms with van der Waals surface area (Å²) in [6, 6.07) is 14.2. The van der Waals surface area contributed by atoms with Crippen LogP contribution in [0.3, 0.4) is 0 Å². The lowest BCUT2D eigenvalue weighted by molar-refractivity contribution is 0.199. The summed E-state index contributed by atoms with van der Waals surface area (Å²) in [5, 5.41) is 4.14. The van der Waals surface area contributed by atoms with Crippen LogP contribution in [0.5, 0.6) is 0 Å². The van der Waals surface area contributed by atoms with Crippen LogP contribution in [0.4, 0.5) is 0 Å². The Labute approximate surface area is 143 Å². The van der Waals surface area contributed by atoms with Crippen molar-refractivity contribution in [1.82, 2.24) is 5.32 Å². The second-order valence-electron chi connectivity index (χ2n) is 4.46. The van der Waals surface area contributed by atoms with Crippen LogP contribution in [-0.4, -0.2) is 20.3 Å². The molecule has 0 saturated heterocycles. The largest absolute Gasteiger partial charge is 0.383 e. The van der Waals surface area contributed by atoms with Crippen LogP contribution in [0.1, 0.15) is 5.56 Å². The minimum absolute atomic E-state index is 0.703. The van der Waals surface area contributed by atoms with Gasteiger partial charge in [-0.3, -0.25) is 0 Å². The molecule has 0 atom stereocenters. The van der Waals surface area contributed by atoms with Gasteiger partial charge < -0.3 is 10.1 Å². The molecular weight excluding hydrogens is 370 g/mol. The zero-order valence-electron chi connectivity index (χ0n) is 11.7. The van der Waals surface area contributed by atoms with E-state index in [-0.39, 0.29) is 0 Å². The number of benzene rings is 2. The summed E-state index contributed by atoms with van der Waals surface area (Å²) in [6.45, 7) is 2.30. The van der Waals surface area contributed by atoms with E-state index in [2.05, 4.69) is 39.4 Å². The molecule has 0 saturated carbocycles. The van der Waals surface area contributed by atoms with E-state index < -0.39 is 0 Å². The number of halogens is 2. The Morgan fingerprint density at radius 1 is 1.24 bits per heavy atom. The third kappa shape index (κ3) is 5.31. The highest BCUT2D eigenvalue weighted by atomic mass is 79.9. The fourth-order valence-corrected chi connectivity index (χ4v) is 3.72. The number of hydrogen-bond donors (Lipinski definition) is 1. The highest BCUT2D eigenvalue weighted by Crippen LogP contribution is 2.36. The van der Waals surface area contributed by atoms with Crippen molar-refractivity contribution in [2.75, 3.05) is 20.3 Å². The first-order chi connectivity index (χ1) is 10.2. The lowest BCUT2D eigenvalue weighted by atomic mass is 10.2. The predicted molar refractivity (Wildman–Crippen MR) is 93.3 cm³/mol. The van der Waals surface area contributed by atoms with Crippen molar-refractivity contribution in [3.8, 4) is 0 Å². The van der Waals surface area contributed by atoms with Crippen LogP contribution in [-0.2, 0) is 11.3 Å². The van der Waals surface area contributed by atoms with E-state index in [1.54, 1.807) is 18.9 Å². The molecule has 0 radical (unpaired) electrons. The zero-order valence-corrected chi connectivity index (χ0v) is 14.9. The summed E-state index contributed by atoms with van der Waals surface area (Å²) < 4.78 is 6.11. The molecule has 0 amide bonds. The third-order valence-corrected chi connectivity index (χ3v) is 4.96. The topological polar surface area (TPSA) is 21.3 Å². The highest BCUT2D eigenvalue weighted by molar-refractivity contribution is 9.10. The fraction of sp³-hybridized carbons (Fsp3) is 0.250. The Balaban J connectivity index is 2.13. The summed E-state index contributed by atoms with van der Waals surface area (Å²) in [6.07, 6.45) is 0. The Kier molecular flexibility index (Phi) is 7.07. The van der Waals surface area contributed by atoms with Crippen LogP contribution in [0, 0.1) is 0 Å². The van der Waals surface area contributed by atoms with Crippen molar-refractivity contribution in [2.45, 2.75) is 16.3 Å². The first kappa shape index (κ1) is 16.8. The van der Waals surface area contributed by atoms with E-state index in [0.717, 1.165) is 32.4 Å². The maximum atomic E-state index is 6.37. The molecular formula is C16H17BrClNOS. The van der Waals surface area contributed by atoms with Gasteiger partial charge >= 0.3 is 0 Å². The van der Waals surface area contributed by atoms with Gasteiger partial charge in [0.1, 0.15) is 0 Å². The monoisotopic (exact) mass is 385 g/mol. The number of hydrogen-bond acceptors (Lipinski definition) is 3. The van der Waals surface area contributed by atoms with Gasteiger partial charge in [0, 0.05) is 34.5 Å². The summed E-state index contributed by atoms with van der Waals surface area (Å²) in [5.41, 5.74) is 1.20. The zero-order chi connectivity index (χ0) is 15.1. The van der Waals surface area contributed by atoms with Crippen LogP contribution in [0.2, 0.25) is 5.02 Å². The molecule has 112 valence electrons. The first-order valence-electron chi connectivity index (χ1n) is 6.61.